The van der Waals surface area contributed by atoms with E-state index in [4.69, 9.17) is 4.42 Å². The van der Waals surface area contributed by atoms with Crippen molar-refractivity contribution in [3.63, 3.8) is 0 Å². The maximum Gasteiger partial charge on any atom is 0.137 e. The summed E-state index contributed by atoms with van der Waals surface area (Å²) in [5, 5.41) is 9.62. The quantitative estimate of drug-likeness (QED) is 0.150. The molecule has 12 aromatic rings. The van der Waals surface area contributed by atoms with Crippen molar-refractivity contribution in [2.75, 3.05) is 4.90 Å². The Labute approximate surface area is 360 Å². The number of nitrogens with zero attached hydrogens (tertiary/aromatic N) is 1. The number of benzene rings is 11. The lowest BCUT2D eigenvalue weighted by Crippen LogP contribution is -2.10. The van der Waals surface area contributed by atoms with E-state index in [0.717, 1.165) is 50.0 Å². The second kappa shape index (κ2) is 14.8. The van der Waals surface area contributed by atoms with E-state index in [2.05, 4.69) is 241 Å². The van der Waals surface area contributed by atoms with Gasteiger partial charge in [-0.1, -0.05) is 182 Å². The Morgan fingerprint density at radius 3 is 1.55 bits per heavy atom. The summed E-state index contributed by atoms with van der Waals surface area (Å²) in [6, 6.07) is 85.4. The van der Waals surface area contributed by atoms with Crippen molar-refractivity contribution in [1.29, 1.82) is 0 Å². The molecule has 0 aliphatic heterocycles. The molecule has 0 spiro atoms. The van der Waals surface area contributed by atoms with E-state index in [1.807, 2.05) is 0 Å². The van der Waals surface area contributed by atoms with Crippen LogP contribution < -0.4 is 4.90 Å². The van der Waals surface area contributed by atoms with Crippen LogP contribution in [0, 0.1) is 0 Å². The highest BCUT2D eigenvalue weighted by Gasteiger charge is 2.22. The van der Waals surface area contributed by atoms with Gasteiger partial charge < -0.3 is 9.32 Å². The van der Waals surface area contributed by atoms with Gasteiger partial charge in [0.1, 0.15) is 11.2 Å². The number of furan rings is 1. The van der Waals surface area contributed by atoms with E-state index in [1.54, 1.807) is 0 Å². The number of rotatable bonds is 7. The molecule has 0 saturated heterocycles. The van der Waals surface area contributed by atoms with Crippen LogP contribution in [0.2, 0.25) is 0 Å². The van der Waals surface area contributed by atoms with Gasteiger partial charge in [-0.2, -0.15) is 0 Å². The van der Waals surface area contributed by atoms with Crippen molar-refractivity contribution in [2.45, 2.75) is 0 Å². The molecule has 0 fully saturated rings. The molecule has 0 aliphatic rings. The van der Waals surface area contributed by atoms with Gasteiger partial charge in [-0.3, -0.25) is 0 Å². The van der Waals surface area contributed by atoms with Gasteiger partial charge in [-0.25, -0.2) is 0 Å². The van der Waals surface area contributed by atoms with Gasteiger partial charge in [0.05, 0.1) is 11.1 Å². The smallest absolute Gasteiger partial charge is 0.137 e. The summed E-state index contributed by atoms with van der Waals surface area (Å²) in [5.41, 5.74) is 14.4. The summed E-state index contributed by atoms with van der Waals surface area (Å²) in [5.74, 6) is 0. The summed E-state index contributed by atoms with van der Waals surface area (Å²) in [7, 11) is 0. The fourth-order valence-electron chi connectivity index (χ4n) is 9.44. The lowest BCUT2D eigenvalue weighted by atomic mass is 9.92. The monoisotopic (exact) mass is 789 g/mol. The Hall–Kier alpha value is -8.20. The van der Waals surface area contributed by atoms with Crippen molar-refractivity contribution in [2.24, 2.45) is 0 Å². The minimum absolute atomic E-state index is 0.859. The standard InChI is InChI=1S/C60H39NO/c1-3-14-42(15-4-1)51-35-34-49(39-55(51)43-16-5-2-6-17-43)61(57-24-13-25-58-60(57)56-36-45-18-7-8-19-46(45)38-59(56)62-58)48-32-30-41(31-33-48)40-26-28-44(29-27-40)54-37-47-20-9-10-21-50(47)52-22-11-12-23-53(52)54/h1-39H. The Balaban J connectivity index is 1.00. The van der Waals surface area contributed by atoms with Crippen LogP contribution in [0.15, 0.2) is 241 Å². The second-order valence-electron chi connectivity index (χ2n) is 16.1. The molecule has 0 radical (unpaired) electrons. The first-order valence-corrected chi connectivity index (χ1v) is 21.2. The number of hydrogen-bond acceptors (Lipinski definition) is 2. The van der Waals surface area contributed by atoms with Crippen molar-refractivity contribution in [3.05, 3.63) is 237 Å². The molecule has 0 saturated carbocycles. The van der Waals surface area contributed by atoms with Gasteiger partial charge in [-0.05, 0) is 131 Å². The third-order valence-corrected chi connectivity index (χ3v) is 12.4. The lowest BCUT2D eigenvalue weighted by Gasteiger charge is -2.27. The molecule has 0 atom stereocenters. The predicted molar refractivity (Wildman–Crippen MR) is 263 cm³/mol. The summed E-state index contributed by atoms with van der Waals surface area (Å²) in [6.07, 6.45) is 0. The molecule has 290 valence electrons. The van der Waals surface area contributed by atoms with E-state index in [0.29, 0.717) is 0 Å². The van der Waals surface area contributed by atoms with Gasteiger partial charge in [-0.15, -0.1) is 0 Å². The summed E-state index contributed by atoms with van der Waals surface area (Å²) in [6.45, 7) is 0. The third-order valence-electron chi connectivity index (χ3n) is 12.4. The van der Waals surface area contributed by atoms with Crippen LogP contribution >= 0.6 is 0 Å². The van der Waals surface area contributed by atoms with Crippen molar-refractivity contribution < 1.29 is 4.42 Å². The van der Waals surface area contributed by atoms with Crippen LogP contribution in [-0.4, -0.2) is 0 Å². The summed E-state index contributed by atoms with van der Waals surface area (Å²) < 4.78 is 6.63. The van der Waals surface area contributed by atoms with Crippen LogP contribution in [0.25, 0.3) is 98.8 Å². The number of hydrogen-bond donors (Lipinski definition) is 0. The van der Waals surface area contributed by atoms with Crippen LogP contribution in [0.1, 0.15) is 0 Å². The minimum Gasteiger partial charge on any atom is -0.456 e. The molecule has 0 amide bonds. The first-order valence-electron chi connectivity index (χ1n) is 21.2. The van der Waals surface area contributed by atoms with E-state index >= 15 is 0 Å². The zero-order valence-corrected chi connectivity index (χ0v) is 33.9. The largest absolute Gasteiger partial charge is 0.456 e. The molecule has 2 heteroatoms. The zero-order valence-electron chi connectivity index (χ0n) is 33.9. The second-order valence-corrected chi connectivity index (χ2v) is 16.1. The van der Waals surface area contributed by atoms with Crippen LogP contribution in [-0.2, 0) is 0 Å². The van der Waals surface area contributed by atoms with Crippen molar-refractivity contribution in [3.8, 4) is 44.5 Å². The predicted octanol–water partition coefficient (Wildman–Crippen LogP) is 17.2. The molecular formula is C60H39NO. The Bertz CT molecular complexity index is 3610. The Morgan fingerprint density at radius 1 is 0.274 bits per heavy atom. The molecular weight excluding hydrogens is 751 g/mol. The van der Waals surface area contributed by atoms with Gasteiger partial charge >= 0.3 is 0 Å². The van der Waals surface area contributed by atoms with Gasteiger partial charge in [0.25, 0.3) is 0 Å². The van der Waals surface area contributed by atoms with Gasteiger partial charge in [0.15, 0.2) is 0 Å². The molecule has 1 heterocycles. The molecule has 11 aromatic carbocycles. The molecule has 62 heavy (non-hydrogen) atoms. The van der Waals surface area contributed by atoms with Crippen molar-refractivity contribution >= 4 is 71.3 Å². The third kappa shape index (κ3) is 6.12. The Kier molecular flexibility index (Phi) is 8.53. The SMILES string of the molecule is c1ccc(-c2ccc(N(c3ccc(-c4ccc(-c5cc6ccccc6c6ccccc56)cc4)cc3)c3cccc4oc5cc6ccccc6cc5c34)cc2-c2ccccc2)cc1. The van der Waals surface area contributed by atoms with Gasteiger partial charge in [0.2, 0.25) is 0 Å². The van der Waals surface area contributed by atoms with E-state index in [9.17, 15) is 0 Å². The summed E-state index contributed by atoms with van der Waals surface area (Å²) in [4.78, 5) is 2.39. The summed E-state index contributed by atoms with van der Waals surface area (Å²) >= 11 is 0. The van der Waals surface area contributed by atoms with Crippen LogP contribution in [0.5, 0.6) is 0 Å². The average Bonchev–Trinajstić information content (AvgIpc) is 3.72. The molecule has 0 bridgehead atoms. The normalized spacial score (nSPS) is 11.5. The molecule has 2 nitrogen and oxygen atoms in total. The fourth-order valence-corrected chi connectivity index (χ4v) is 9.44. The number of anilines is 3. The topological polar surface area (TPSA) is 16.4 Å². The van der Waals surface area contributed by atoms with Crippen molar-refractivity contribution in [1.82, 2.24) is 0 Å². The van der Waals surface area contributed by atoms with Crippen LogP contribution in [0.3, 0.4) is 0 Å². The van der Waals surface area contributed by atoms with E-state index < -0.39 is 0 Å². The fraction of sp³-hybridized carbons (Fsp3) is 0. The average molecular weight is 790 g/mol. The first kappa shape index (κ1) is 35.7. The van der Waals surface area contributed by atoms with E-state index in [1.165, 1.54) is 65.9 Å². The zero-order chi connectivity index (χ0) is 41.0. The lowest BCUT2D eigenvalue weighted by molar-refractivity contribution is 0.669. The number of fused-ring (bicyclic) bond motifs is 7. The molecule has 0 N–H and O–H groups in total. The Morgan fingerprint density at radius 2 is 0.823 bits per heavy atom. The highest BCUT2D eigenvalue weighted by Crippen LogP contribution is 2.46. The van der Waals surface area contributed by atoms with Crippen LogP contribution in [0.4, 0.5) is 17.1 Å². The maximum atomic E-state index is 6.63. The molecule has 12 rings (SSSR count). The molecule has 0 aliphatic carbocycles. The van der Waals surface area contributed by atoms with E-state index in [-0.39, 0.29) is 0 Å². The highest BCUT2D eigenvalue weighted by atomic mass is 16.3. The first-order chi connectivity index (χ1) is 30.7. The minimum atomic E-state index is 0.859. The maximum absolute atomic E-state index is 6.63. The highest BCUT2D eigenvalue weighted by molar-refractivity contribution is 6.17. The molecule has 1 aromatic heterocycles. The molecule has 0 unspecified atom stereocenters. The van der Waals surface area contributed by atoms with Gasteiger partial charge in [0, 0.05) is 16.8 Å².